The molecule has 50 heavy (non-hydrogen) atoms. The Hall–Kier alpha value is -5.29. The van der Waals surface area contributed by atoms with Gasteiger partial charge < -0.3 is 19.9 Å². The Balaban J connectivity index is 1.16. The zero-order valence-electron chi connectivity index (χ0n) is 29.5. The number of benzene rings is 1. The zero-order valence-corrected chi connectivity index (χ0v) is 29.5. The molecule has 1 aromatic carbocycles. The normalized spacial score (nSPS) is 19.7. The van der Waals surface area contributed by atoms with Gasteiger partial charge in [0, 0.05) is 84.9 Å². The van der Waals surface area contributed by atoms with E-state index in [4.69, 9.17) is 4.74 Å². The van der Waals surface area contributed by atoms with Gasteiger partial charge in [-0.15, -0.1) is 6.58 Å². The van der Waals surface area contributed by atoms with E-state index in [2.05, 4.69) is 97.3 Å². The minimum atomic E-state index is -0.219. The van der Waals surface area contributed by atoms with Crippen molar-refractivity contribution in [3.63, 3.8) is 0 Å². The molecule has 3 aromatic rings. The summed E-state index contributed by atoms with van der Waals surface area (Å²) >= 11 is 0. The second-order valence-corrected chi connectivity index (χ2v) is 12.8. The molecule has 262 valence electrons. The third-order valence-electron chi connectivity index (χ3n) is 9.45. The summed E-state index contributed by atoms with van der Waals surface area (Å²) in [6, 6.07) is 10.1. The lowest BCUT2D eigenvalue weighted by molar-refractivity contribution is -0.132. The highest BCUT2D eigenvalue weighted by atomic mass is 16.5. The van der Waals surface area contributed by atoms with E-state index in [0.717, 1.165) is 77.8 Å². The number of anilines is 1. The van der Waals surface area contributed by atoms with Gasteiger partial charge in [0.1, 0.15) is 0 Å². The molecule has 11 heteroatoms. The number of carbonyl (C=O) groups excluding carboxylic acids is 1. The summed E-state index contributed by atoms with van der Waals surface area (Å²) in [7, 11) is 1.56. The van der Waals surface area contributed by atoms with Crippen molar-refractivity contribution in [3.05, 3.63) is 102 Å². The van der Waals surface area contributed by atoms with Crippen molar-refractivity contribution in [2.75, 3.05) is 57.8 Å². The number of aromatic amines is 1. The van der Waals surface area contributed by atoms with Crippen LogP contribution in [0.25, 0.3) is 29.6 Å². The molecule has 2 atom stereocenters. The molecule has 2 aliphatic heterocycles. The van der Waals surface area contributed by atoms with E-state index >= 15 is 0 Å². The van der Waals surface area contributed by atoms with Gasteiger partial charge in [-0.2, -0.15) is 5.10 Å². The van der Waals surface area contributed by atoms with Crippen LogP contribution in [0.3, 0.4) is 0 Å². The number of likely N-dealkylation sites (tertiary alicyclic amines) is 1. The molecule has 2 aromatic heterocycles. The summed E-state index contributed by atoms with van der Waals surface area (Å²) in [5.74, 6) is 0.891. The van der Waals surface area contributed by atoms with E-state index in [1.54, 1.807) is 25.7 Å². The van der Waals surface area contributed by atoms with Crippen LogP contribution in [0.4, 0.5) is 5.69 Å². The molecule has 2 aliphatic rings. The van der Waals surface area contributed by atoms with Crippen LogP contribution >= 0.6 is 0 Å². The Bertz CT molecular complexity index is 1820. The maximum Gasteiger partial charge on any atom is 0.236 e. The van der Waals surface area contributed by atoms with Gasteiger partial charge in [0.25, 0.3) is 0 Å². The lowest BCUT2D eigenvalue weighted by atomic mass is 9.80. The van der Waals surface area contributed by atoms with Crippen molar-refractivity contribution in [3.8, 4) is 11.4 Å². The van der Waals surface area contributed by atoms with Crippen LogP contribution in [0, 0.1) is 5.41 Å². The summed E-state index contributed by atoms with van der Waals surface area (Å²) < 4.78 is 4.88. The minimum Gasteiger partial charge on any atom is -0.486 e. The van der Waals surface area contributed by atoms with Crippen molar-refractivity contribution < 1.29 is 9.53 Å². The summed E-state index contributed by atoms with van der Waals surface area (Å²) in [6.45, 7) is 21.8. The summed E-state index contributed by atoms with van der Waals surface area (Å²) in [5.41, 5.74) is 4.57. The number of nitrogens with one attached hydrogen (secondary N) is 2. The van der Waals surface area contributed by atoms with Crippen LogP contribution in [0.2, 0.25) is 0 Å². The van der Waals surface area contributed by atoms with E-state index < -0.39 is 0 Å². The third-order valence-corrected chi connectivity index (χ3v) is 9.45. The Labute approximate surface area is 295 Å². The Morgan fingerprint density at radius 3 is 2.58 bits per heavy atom. The number of carbonyl (C=O) groups is 1. The fraction of sp³-hybridized carbons (Fsp3) is 0.359. The number of rotatable bonds is 14. The fourth-order valence-electron chi connectivity index (χ4n) is 6.72. The first-order valence-corrected chi connectivity index (χ1v) is 17.1. The number of methoxy groups -OCH3 is 1. The lowest BCUT2D eigenvalue weighted by Gasteiger charge is -2.37. The number of piperazine rings is 1. The molecular weight excluding hydrogens is 626 g/mol. The first-order chi connectivity index (χ1) is 24.3. The maximum atomic E-state index is 13.5. The average molecular weight is 676 g/mol. The molecule has 2 fully saturated rings. The number of aliphatic imine (C=N–C) groups is 1. The van der Waals surface area contributed by atoms with Gasteiger partial charge in [0.05, 0.1) is 24.7 Å². The Kier molecular flexibility index (Phi) is 12.2. The van der Waals surface area contributed by atoms with E-state index in [9.17, 15) is 4.79 Å². The van der Waals surface area contributed by atoms with Crippen molar-refractivity contribution in [2.45, 2.75) is 32.7 Å². The van der Waals surface area contributed by atoms with Gasteiger partial charge in [-0.1, -0.05) is 31.4 Å². The van der Waals surface area contributed by atoms with Crippen LogP contribution in [0.1, 0.15) is 32.4 Å². The van der Waals surface area contributed by atoms with Gasteiger partial charge in [-0.3, -0.25) is 14.8 Å². The third kappa shape index (κ3) is 8.64. The van der Waals surface area contributed by atoms with Crippen molar-refractivity contribution in [1.82, 2.24) is 35.3 Å². The highest BCUT2D eigenvalue weighted by molar-refractivity contribution is 5.78. The van der Waals surface area contributed by atoms with Gasteiger partial charge in [-0.25, -0.2) is 15.0 Å². The fourth-order valence-corrected chi connectivity index (χ4v) is 6.72. The largest absolute Gasteiger partial charge is 0.486 e. The Morgan fingerprint density at radius 1 is 1.16 bits per heavy atom. The molecule has 5 rings (SSSR count). The monoisotopic (exact) mass is 675 g/mol. The Morgan fingerprint density at radius 2 is 1.90 bits per heavy atom. The van der Waals surface area contributed by atoms with Crippen molar-refractivity contribution in [2.24, 2.45) is 10.4 Å². The molecule has 0 bridgehead atoms. The molecule has 1 amide bonds. The van der Waals surface area contributed by atoms with Gasteiger partial charge in [0.15, 0.2) is 12.2 Å². The average Bonchev–Trinajstić information content (AvgIpc) is 3.72. The van der Waals surface area contributed by atoms with Crippen molar-refractivity contribution >= 4 is 36.2 Å². The molecule has 2 unspecified atom stereocenters. The highest BCUT2D eigenvalue weighted by Crippen LogP contribution is 2.39. The number of hydrogen-bond donors (Lipinski definition) is 2. The second kappa shape index (κ2) is 16.9. The molecule has 2 saturated heterocycles. The number of H-pyrrole nitrogens is 1. The van der Waals surface area contributed by atoms with Crippen LogP contribution in [-0.4, -0.2) is 101 Å². The summed E-state index contributed by atoms with van der Waals surface area (Å²) in [4.78, 5) is 32.8. The highest BCUT2D eigenvalue weighted by Gasteiger charge is 2.41. The standard InChI is InChI=1S/C39H49N9O2/c1-7-15-39(31(5)43-29(3)25-35-30(4)44-45-37(35)32(8-2)14-19-40-28-50-6)16-20-46(27-39)26-36(49)48-23-21-47(22-24-48)34-12-10-33(11-13-34)38-41-17-9-18-42-38/h7-14,17-19,25,28-29,43-44H,1,4-5,15-16,20-24,26-27H2,2-3,6H3/b19-14-,32-8+,35-25+,40-28?. The summed E-state index contributed by atoms with van der Waals surface area (Å²) in [6.07, 6.45) is 16.2. The van der Waals surface area contributed by atoms with Gasteiger partial charge >= 0.3 is 0 Å². The lowest BCUT2D eigenvalue weighted by Crippen LogP contribution is -2.51. The van der Waals surface area contributed by atoms with Gasteiger partial charge in [-0.05, 0) is 75.2 Å². The van der Waals surface area contributed by atoms with E-state index in [-0.39, 0.29) is 17.4 Å². The predicted molar refractivity (Wildman–Crippen MR) is 202 cm³/mol. The van der Waals surface area contributed by atoms with Crippen LogP contribution in [0.5, 0.6) is 0 Å². The van der Waals surface area contributed by atoms with Crippen LogP contribution < -0.4 is 20.8 Å². The van der Waals surface area contributed by atoms with E-state index in [1.165, 1.54) is 6.40 Å². The molecule has 0 aliphatic carbocycles. The van der Waals surface area contributed by atoms with Crippen molar-refractivity contribution in [1.29, 1.82) is 0 Å². The number of amides is 1. The first kappa shape index (κ1) is 36.0. The molecule has 11 nitrogen and oxygen atoms in total. The van der Waals surface area contributed by atoms with Gasteiger partial charge in [0.2, 0.25) is 5.91 Å². The molecule has 0 radical (unpaired) electrons. The van der Waals surface area contributed by atoms with E-state index in [1.807, 2.05) is 36.1 Å². The van der Waals surface area contributed by atoms with E-state index in [0.29, 0.717) is 25.5 Å². The molecule has 0 spiro atoms. The summed E-state index contributed by atoms with van der Waals surface area (Å²) in [5, 5.41) is 12.8. The smallest absolute Gasteiger partial charge is 0.236 e. The SMILES string of the molecule is C=CCC1(C(=C)NC(C)/C=c2/c(C(/C=C\N=COC)=C/C)n[nH]c2=C)CCN(CC(=O)N2CCN(c3ccc(-c4ncccn4)cc3)CC2)C1. The topological polar surface area (TPSA) is 115 Å². The minimum absolute atomic E-state index is 0.0514. The van der Waals surface area contributed by atoms with Crippen LogP contribution in [0.15, 0.2) is 91.0 Å². The molecule has 2 N–H and O–H groups in total. The maximum absolute atomic E-state index is 13.5. The molecule has 4 heterocycles. The first-order valence-electron chi connectivity index (χ1n) is 17.1. The number of aromatic nitrogens is 4. The number of hydrogen-bond acceptors (Lipinski definition) is 9. The number of allylic oxidation sites excluding steroid dienone is 4. The quantitative estimate of drug-likeness (QED) is 0.115. The van der Waals surface area contributed by atoms with Crippen LogP contribution in [-0.2, 0) is 9.53 Å². The predicted octanol–water partition coefficient (Wildman–Crippen LogP) is 3.76. The second-order valence-electron chi connectivity index (χ2n) is 12.8. The zero-order chi connectivity index (χ0) is 35.5. The molecular formula is C39H49N9O2. The number of ether oxygens (including phenoxy) is 1. The number of nitrogens with zero attached hydrogens (tertiary/aromatic N) is 7. The molecule has 0 saturated carbocycles.